The maximum atomic E-state index is 5.20. The summed E-state index contributed by atoms with van der Waals surface area (Å²) >= 11 is 0. The van der Waals surface area contributed by atoms with Gasteiger partial charge in [0.2, 0.25) is 0 Å². The van der Waals surface area contributed by atoms with Crippen LogP contribution < -0.4 is 16.0 Å². The molecule has 0 fully saturated rings. The number of pyridine rings is 1. The monoisotopic (exact) mass is 153 g/mol. The number of methoxy groups -OCH3 is 1. The fraction of sp³-hybridized carbons (Fsp3) is 0.286. The van der Waals surface area contributed by atoms with E-state index in [1.807, 2.05) is 19.1 Å². The topological polar surface area (TPSA) is 60.2 Å². The molecule has 0 saturated heterocycles. The first kappa shape index (κ1) is 7.81. The van der Waals surface area contributed by atoms with Crippen molar-refractivity contribution in [2.45, 2.75) is 6.92 Å². The van der Waals surface area contributed by atoms with Crippen molar-refractivity contribution in [3.8, 4) is 5.75 Å². The largest absolute Gasteiger partial charge is 0.493 e. The molecule has 1 aromatic heterocycles. The molecule has 0 aromatic carbocycles. The van der Waals surface area contributed by atoms with E-state index in [4.69, 9.17) is 10.6 Å². The molecule has 0 radical (unpaired) electrons. The molecule has 0 aliphatic rings. The number of nitrogens with two attached hydrogens (primary N) is 1. The van der Waals surface area contributed by atoms with Gasteiger partial charge in [0.15, 0.2) is 11.6 Å². The molecular weight excluding hydrogens is 142 g/mol. The second kappa shape index (κ2) is 3.21. The third-order valence-electron chi connectivity index (χ3n) is 1.35. The van der Waals surface area contributed by atoms with Crippen molar-refractivity contribution in [2.24, 2.45) is 5.84 Å². The van der Waals surface area contributed by atoms with Gasteiger partial charge in [0.1, 0.15) is 0 Å². The zero-order valence-corrected chi connectivity index (χ0v) is 6.59. The lowest BCUT2D eigenvalue weighted by atomic mass is 10.3. The average molecular weight is 153 g/mol. The van der Waals surface area contributed by atoms with Crippen molar-refractivity contribution in [2.75, 3.05) is 12.5 Å². The van der Waals surface area contributed by atoms with Crippen LogP contribution in [-0.4, -0.2) is 12.1 Å². The van der Waals surface area contributed by atoms with E-state index in [-0.39, 0.29) is 0 Å². The molecular formula is C7H11N3O. The van der Waals surface area contributed by atoms with Gasteiger partial charge in [-0.05, 0) is 19.1 Å². The number of nitrogens with one attached hydrogen (secondary N) is 1. The van der Waals surface area contributed by atoms with Crippen LogP contribution in [0, 0.1) is 6.92 Å². The molecule has 0 amide bonds. The molecule has 4 nitrogen and oxygen atoms in total. The molecule has 1 rings (SSSR count). The summed E-state index contributed by atoms with van der Waals surface area (Å²) in [6, 6.07) is 3.68. The van der Waals surface area contributed by atoms with Crippen LogP contribution in [0.2, 0.25) is 0 Å². The van der Waals surface area contributed by atoms with Crippen LogP contribution in [0.3, 0.4) is 0 Å². The minimum atomic E-state index is 0.563. The quantitative estimate of drug-likeness (QED) is 0.484. The van der Waals surface area contributed by atoms with Gasteiger partial charge in [0.25, 0.3) is 0 Å². The molecule has 1 aromatic rings. The number of hydrogen-bond acceptors (Lipinski definition) is 4. The van der Waals surface area contributed by atoms with Crippen LogP contribution >= 0.6 is 0 Å². The smallest absolute Gasteiger partial charge is 0.183 e. The predicted molar refractivity (Wildman–Crippen MR) is 43.3 cm³/mol. The molecule has 0 bridgehead atoms. The van der Waals surface area contributed by atoms with Crippen LogP contribution in [-0.2, 0) is 0 Å². The Morgan fingerprint density at radius 2 is 2.27 bits per heavy atom. The first-order valence-corrected chi connectivity index (χ1v) is 3.26. The van der Waals surface area contributed by atoms with Gasteiger partial charge in [-0.15, -0.1) is 0 Å². The minimum absolute atomic E-state index is 0.563. The summed E-state index contributed by atoms with van der Waals surface area (Å²) in [5.41, 5.74) is 3.35. The van der Waals surface area contributed by atoms with Gasteiger partial charge in [-0.3, -0.25) is 0 Å². The van der Waals surface area contributed by atoms with E-state index in [2.05, 4.69) is 10.4 Å². The number of nitrogen functional groups attached to an aromatic ring is 1. The highest BCUT2D eigenvalue weighted by molar-refractivity contribution is 5.49. The number of rotatable bonds is 2. The SMILES string of the molecule is COc1ccc(C)nc1NN. The Balaban J connectivity index is 3.06. The summed E-state index contributed by atoms with van der Waals surface area (Å²) in [6.07, 6.45) is 0. The van der Waals surface area contributed by atoms with Gasteiger partial charge in [-0.25, -0.2) is 10.8 Å². The molecule has 0 unspecified atom stereocenters. The third-order valence-corrected chi connectivity index (χ3v) is 1.35. The molecule has 3 N–H and O–H groups in total. The van der Waals surface area contributed by atoms with Crippen molar-refractivity contribution >= 4 is 5.82 Å². The fourth-order valence-electron chi connectivity index (χ4n) is 0.812. The van der Waals surface area contributed by atoms with Crippen molar-refractivity contribution < 1.29 is 4.74 Å². The molecule has 11 heavy (non-hydrogen) atoms. The van der Waals surface area contributed by atoms with E-state index >= 15 is 0 Å². The summed E-state index contributed by atoms with van der Waals surface area (Å²) in [6.45, 7) is 1.89. The number of aromatic nitrogens is 1. The highest BCUT2D eigenvalue weighted by Crippen LogP contribution is 2.19. The Labute approximate surface area is 65.4 Å². The van der Waals surface area contributed by atoms with E-state index in [9.17, 15) is 0 Å². The van der Waals surface area contributed by atoms with Crippen LogP contribution in [0.4, 0.5) is 5.82 Å². The minimum Gasteiger partial charge on any atom is -0.493 e. The van der Waals surface area contributed by atoms with Gasteiger partial charge in [-0.2, -0.15) is 0 Å². The normalized spacial score (nSPS) is 9.36. The predicted octanol–water partition coefficient (Wildman–Crippen LogP) is 0.684. The van der Waals surface area contributed by atoms with Crippen molar-refractivity contribution in [1.82, 2.24) is 4.98 Å². The number of anilines is 1. The molecule has 0 aliphatic heterocycles. The summed E-state index contributed by atoms with van der Waals surface area (Å²) in [4.78, 5) is 4.10. The Morgan fingerprint density at radius 1 is 1.55 bits per heavy atom. The number of ether oxygens (including phenoxy) is 1. The van der Waals surface area contributed by atoms with E-state index in [1.54, 1.807) is 7.11 Å². The lowest BCUT2D eigenvalue weighted by molar-refractivity contribution is 0.414. The van der Waals surface area contributed by atoms with Gasteiger partial charge >= 0.3 is 0 Å². The zero-order chi connectivity index (χ0) is 8.27. The average Bonchev–Trinajstić information content (AvgIpc) is 2.04. The molecule has 0 aliphatic carbocycles. The molecule has 0 atom stereocenters. The Bertz CT molecular complexity index is 249. The van der Waals surface area contributed by atoms with Crippen LogP contribution in [0.5, 0.6) is 5.75 Å². The Kier molecular flexibility index (Phi) is 2.28. The Hall–Kier alpha value is -1.29. The molecule has 0 spiro atoms. The first-order valence-electron chi connectivity index (χ1n) is 3.26. The lowest BCUT2D eigenvalue weighted by Gasteiger charge is -2.06. The zero-order valence-electron chi connectivity index (χ0n) is 6.59. The van der Waals surface area contributed by atoms with Crippen LogP contribution in [0.15, 0.2) is 12.1 Å². The standard InChI is InChI=1S/C7H11N3O/c1-5-3-4-6(11-2)7(9-5)10-8/h3-4H,8H2,1-2H3,(H,9,10). The van der Waals surface area contributed by atoms with Gasteiger partial charge in [0, 0.05) is 5.69 Å². The molecule has 60 valence electrons. The maximum Gasteiger partial charge on any atom is 0.183 e. The van der Waals surface area contributed by atoms with E-state index < -0.39 is 0 Å². The van der Waals surface area contributed by atoms with Crippen LogP contribution in [0.1, 0.15) is 5.69 Å². The summed E-state index contributed by atoms with van der Waals surface area (Å²) in [5.74, 6) is 6.42. The highest BCUT2D eigenvalue weighted by Gasteiger charge is 2.00. The number of hydrogen-bond donors (Lipinski definition) is 2. The van der Waals surface area contributed by atoms with Gasteiger partial charge in [-0.1, -0.05) is 0 Å². The van der Waals surface area contributed by atoms with Gasteiger partial charge in [0.05, 0.1) is 7.11 Å². The molecule has 0 saturated carbocycles. The summed E-state index contributed by atoms with van der Waals surface area (Å²) in [5, 5.41) is 0. The van der Waals surface area contributed by atoms with Crippen molar-refractivity contribution in [3.05, 3.63) is 17.8 Å². The second-order valence-corrected chi connectivity index (χ2v) is 2.15. The number of nitrogens with zero attached hydrogens (tertiary/aromatic N) is 1. The summed E-state index contributed by atoms with van der Waals surface area (Å²) < 4.78 is 4.99. The van der Waals surface area contributed by atoms with E-state index in [0.29, 0.717) is 11.6 Å². The van der Waals surface area contributed by atoms with Crippen molar-refractivity contribution in [1.29, 1.82) is 0 Å². The molecule has 1 heterocycles. The first-order chi connectivity index (χ1) is 5.27. The van der Waals surface area contributed by atoms with E-state index in [0.717, 1.165) is 5.69 Å². The molecule has 4 heteroatoms. The highest BCUT2D eigenvalue weighted by atomic mass is 16.5. The fourth-order valence-corrected chi connectivity index (χ4v) is 0.812. The Morgan fingerprint density at radius 3 is 2.82 bits per heavy atom. The third kappa shape index (κ3) is 1.59. The van der Waals surface area contributed by atoms with Crippen molar-refractivity contribution in [3.63, 3.8) is 0 Å². The summed E-state index contributed by atoms with van der Waals surface area (Å²) in [7, 11) is 1.58. The number of hydrazine groups is 1. The van der Waals surface area contributed by atoms with Gasteiger partial charge < -0.3 is 10.2 Å². The number of aryl methyl sites for hydroxylation is 1. The van der Waals surface area contributed by atoms with E-state index in [1.165, 1.54) is 0 Å². The lowest BCUT2D eigenvalue weighted by Crippen LogP contribution is -2.10. The second-order valence-electron chi connectivity index (χ2n) is 2.15. The van der Waals surface area contributed by atoms with Crippen LogP contribution in [0.25, 0.3) is 0 Å². The maximum absolute atomic E-state index is 5.20.